The van der Waals surface area contributed by atoms with Crippen LogP contribution in [0.15, 0.2) is 54.6 Å². The Hall–Kier alpha value is -4.15. The second-order valence-corrected chi connectivity index (χ2v) is 9.15. The predicted octanol–water partition coefficient (Wildman–Crippen LogP) is 4.38. The topological polar surface area (TPSA) is 119 Å². The second kappa shape index (κ2) is 7.94. The molecular weight excluding hydrogens is 513 g/mol. The molecule has 0 unspecified atom stereocenters. The third-order valence-electron chi connectivity index (χ3n) is 6.33. The summed E-state index contributed by atoms with van der Waals surface area (Å²) in [6.45, 7) is 0.0293. The molecule has 36 heavy (non-hydrogen) atoms. The minimum Gasteiger partial charge on any atom is -0.454 e. The van der Waals surface area contributed by atoms with Gasteiger partial charge in [-0.2, -0.15) is 0 Å². The van der Waals surface area contributed by atoms with Crippen LogP contribution >= 0.6 is 23.2 Å². The van der Waals surface area contributed by atoms with Gasteiger partial charge in [-0.25, -0.2) is 0 Å². The summed E-state index contributed by atoms with van der Waals surface area (Å²) in [5, 5.41) is 12.1. The number of amides is 3. The molecular formula is C24H13Cl2N3O7. The van der Waals surface area contributed by atoms with Gasteiger partial charge in [0.15, 0.2) is 11.5 Å². The fourth-order valence-electron chi connectivity index (χ4n) is 4.81. The number of imide groups is 1. The number of nitro benzene ring substituents is 1. The van der Waals surface area contributed by atoms with Gasteiger partial charge >= 0.3 is 0 Å². The number of benzene rings is 3. The average Bonchev–Trinajstić information content (AvgIpc) is 3.40. The Bertz CT molecular complexity index is 1510. The van der Waals surface area contributed by atoms with E-state index in [1.165, 1.54) is 35.2 Å². The van der Waals surface area contributed by atoms with E-state index in [0.717, 1.165) is 11.0 Å². The second-order valence-electron chi connectivity index (χ2n) is 8.28. The van der Waals surface area contributed by atoms with Crippen molar-refractivity contribution in [3.63, 3.8) is 0 Å². The highest BCUT2D eigenvalue weighted by Crippen LogP contribution is 2.47. The lowest BCUT2D eigenvalue weighted by Crippen LogP contribution is -2.67. The first kappa shape index (κ1) is 22.3. The zero-order chi connectivity index (χ0) is 25.3. The lowest BCUT2D eigenvalue weighted by molar-refractivity contribution is -0.385. The smallest absolute Gasteiger partial charge is 0.282 e. The van der Waals surface area contributed by atoms with Gasteiger partial charge in [-0.05, 0) is 42.0 Å². The number of hydrogen-bond donors (Lipinski definition) is 0. The van der Waals surface area contributed by atoms with Crippen LogP contribution in [0, 0.1) is 10.1 Å². The van der Waals surface area contributed by atoms with Crippen LogP contribution in [0.1, 0.15) is 32.3 Å². The number of carbonyl (C=O) groups excluding carboxylic acids is 3. The van der Waals surface area contributed by atoms with Crippen LogP contribution in [-0.2, 0) is 4.79 Å². The maximum absolute atomic E-state index is 13.6. The summed E-state index contributed by atoms with van der Waals surface area (Å²) in [7, 11) is 0. The molecule has 1 fully saturated rings. The van der Waals surface area contributed by atoms with Gasteiger partial charge in [-0.15, -0.1) is 0 Å². The molecule has 0 saturated carbocycles. The number of hydrogen-bond acceptors (Lipinski definition) is 7. The summed E-state index contributed by atoms with van der Waals surface area (Å²) in [6, 6.07) is 11.3. The minimum atomic E-state index is -1.27. The van der Waals surface area contributed by atoms with Crippen molar-refractivity contribution < 1.29 is 28.8 Å². The zero-order valence-electron chi connectivity index (χ0n) is 18.0. The van der Waals surface area contributed by atoms with E-state index in [1.807, 2.05) is 0 Å². The summed E-state index contributed by atoms with van der Waals surface area (Å²) in [6.07, 6.45) is 0. The molecule has 3 heterocycles. The maximum Gasteiger partial charge on any atom is 0.282 e. The van der Waals surface area contributed by atoms with E-state index in [1.54, 1.807) is 18.2 Å². The van der Waals surface area contributed by atoms with E-state index in [2.05, 4.69) is 0 Å². The molecule has 0 bridgehead atoms. The van der Waals surface area contributed by atoms with Crippen molar-refractivity contribution in [3.8, 4) is 11.5 Å². The van der Waals surface area contributed by atoms with Gasteiger partial charge in [-0.3, -0.25) is 29.4 Å². The van der Waals surface area contributed by atoms with Gasteiger partial charge in [-0.1, -0.05) is 35.3 Å². The molecule has 3 aromatic carbocycles. The molecule has 0 radical (unpaired) electrons. The van der Waals surface area contributed by atoms with E-state index in [9.17, 15) is 24.5 Å². The molecule has 0 spiro atoms. The van der Waals surface area contributed by atoms with E-state index in [0.29, 0.717) is 22.7 Å². The number of anilines is 1. The summed E-state index contributed by atoms with van der Waals surface area (Å²) < 4.78 is 10.8. The highest BCUT2D eigenvalue weighted by atomic mass is 35.5. The first-order valence-electron chi connectivity index (χ1n) is 10.6. The van der Waals surface area contributed by atoms with Crippen LogP contribution in [0.4, 0.5) is 11.4 Å². The van der Waals surface area contributed by atoms with E-state index >= 15 is 0 Å². The summed E-state index contributed by atoms with van der Waals surface area (Å²) in [4.78, 5) is 53.2. The fraction of sp³-hybridized carbons (Fsp3) is 0.125. The summed E-state index contributed by atoms with van der Waals surface area (Å²) in [5.74, 6) is -1.32. The lowest BCUT2D eigenvalue weighted by Gasteiger charge is -2.49. The standard InChI is InChI=1S/C24H13Cl2N3O7/c25-12-7-13(26)9-14(8-12)27-20(11-4-5-17-18(6-11)36-10-35-17)21(24(27)32)28-22(30)15-2-1-3-16(29(33)34)19(15)23(28)31/h1-9,20-21H,10H2/t20-,21+/m0/s1. The number of nitrogens with zero attached hydrogens (tertiary/aromatic N) is 3. The molecule has 3 aromatic rings. The number of β-lactam (4-membered cyclic amide) rings is 1. The Morgan fingerprint density at radius 1 is 0.861 bits per heavy atom. The normalized spacial score (nSPS) is 20.0. The van der Waals surface area contributed by atoms with Crippen LogP contribution in [0.5, 0.6) is 11.5 Å². The molecule has 180 valence electrons. The van der Waals surface area contributed by atoms with Crippen LogP contribution in [0.25, 0.3) is 0 Å². The number of ether oxygens (including phenoxy) is 2. The Labute approximate surface area is 212 Å². The highest BCUT2D eigenvalue weighted by Gasteiger charge is 2.58. The van der Waals surface area contributed by atoms with Crippen molar-refractivity contribution in [3.05, 3.63) is 91.4 Å². The van der Waals surface area contributed by atoms with E-state index < -0.39 is 40.4 Å². The van der Waals surface area contributed by atoms with Crippen molar-refractivity contribution in [1.29, 1.82) is 0 Å². The number of fused-ring (bicyclic) bond motifs is 2. The van der Waals surface area contributed by atoms with Crippen LogP contribution in [-0.4, -0.2) is 40.4 Å². The quantitative estimate of drug-likeness (QED) is 0.214. The molecule has 0 N–H and O–H groups in total. The Kier molecular flexibility index (Phi) is 4.92. The van der Waals surface area contributed by atoms with Crippen molar-refractivity contribution in [2.24, 2.45) is 0 Å². The molecule has 0 aliphatic carbocycles. The molecule has 3 aliphatic rings. The molecule has 3 aliphatic heterocycles. The molecule has 0 aromatic heterocycles. The SMILES string of the molecule is O=C1c2cccc([N+](=O)[O-])c2C(=O)N1[C@H]1C(=O)N(c2cc(Cl)cc(Cl)c2)[C@H]1c1ccc2c(c1)OCO2. The number of rotatable bonds is 4. The Balaban J connectivity index is 1.47. The Morgan fingerprint density at radius 3 is 2.31 bits per heavy atom. The van der Waals surface area contributed by atoms with Crippen LogP contribution in [0.2, 0.25) is 10.0 Å². The van der Waals surface area contributed by atoms with Gasteiger partial charge in [0.05, 0.1) is 16.5 Å². The van der Waals surface area contributed by atoms with Gasteiger partial charge in [0, 0.05) is 21.8 Å². The van der Waals surface area contributed by atoms with Gasteiger partial charge < -0.3 is 14.4 Å². The van der Waals surface area contributed by atoms with Crippen LogP contribution < -0.4 is 14.4 Å². The molecule has 12 heteroatoms. The third kappa shape index (κ3) is 3.15. The summed E-state index contributed by atoms with van der Waals surface area (Å²) >= 11 is 12.3. The average molecular weight is 526 g/mol. The maximum atomic E-state index is 13.6. The highest BCUT2D eigenvalue weighted by molar-refractivity contribution is 6.35. The summed E-state index contributed by atoms with van der Waals surface area (Å²) in [5.41, 5.74) is -0.0621. The number of nitro groups is 1. The van der Waals surface area contributed by atoms with Gasteiger partial charge in [0.1, 0.15) is 11.6 Å². The molecule has 2 atom stereocenters. The monoisotopic (exact) mass is 525 g/mol. The first-order chi connectivity index (χ1) is 17.3. The third-order valence-corrected chi connectivity index (χ3v) is 6.77. The molecule has 3 amide bonds. The number of halogens is 2. The Morgan fingerprint density at radius 2 is 1.58 bits per heavy atom. The fourth-order valence-corrected chi connectivity index (χ4v) is 5.32. The first-order valence-corrected chi connectivity index (χ1v) is 11.4. The molecule has 6 rings (SSSR count). The molecule has 10 nitrogen and oxygen atoms in total. The van der Waals surface area contributed by atoms with Crippen molar-refractivity contribution in [2.45, 2.75) is 12.1 Å². The predicted molar refractivity (Wildman–Crippen MR) is 127 cm³/mol. The van der Waals surface area contributed by atoms with Crippen molar-refractivity contribution >= 4 is 52.3 Å². The largest absolute Gasteiger partial charge is 0.454 e. The minimum absolute atomic E-state index is 0.0293. The molecule has 1 saturated heterocycles. The van der Waals surface area contributed by atoms with E-state index in [-0.39, 0.29) is 28.0 Å². The van der Waals surface area contributed by atoms with Gasteiger partial charge in [0.2, 0.25) is 6.79 Å². The number of carbonyl (C=O) groups is 3. The lowest BCUT2D eigenvalue weighted by atomic mass is 9.86. The zero-order valence-corrected chi connectivity index (χ0v) is 19.5. The van der Waals surface area contributed by atoms with Gasteiger partial charge in [0.25, 0.3) is 23.4 Å². The van der Waals surface area contributed by atoms with Crippen molar-refractivity contribution in [1.82, 2.24) is 4.90 Å². The van der Waals surface area contributed by atoms with Crippen molar-refractivity contribution in [2.75, 3.05) is 11.7 Å². The van der Waals surface area contributed by atoms with Crippen LogP contribution in [0.3, 0.4) is 0 Å². The van der Waals surface area contributed by atoms with E-state index in [4.69, 9.17) is 32.7 Å².